The minimum Gasteiger partial charge on any atom is -0.326 e. The van der Waals surface area contributed by atoms with Crippen molar-refractivity contribution in [2.75, 3.05) is 10.6 Å². The molecule has 1 aliphatic rings. The molecule has 1 atom stereocenters. The summed E-state index contributed by atoms with van der Waals surface area (Å²) in [5, 5.41) is 6.00. The highest BCUT2D eigenvalue weighted by molar-refractivity contribution is 7.89. The predicted molar refractivity (Wildman–Crippen MR) is 132 cm³/mol. The van der Waals surface area contributed by atoms with Gasteiger partial charge in [0.1, 0.15) is 6.04 Å². The van der Waals surface area contributed by atoms with Gasteiger partial charge < -0.3 is 10.6 Å². The molecular weight excluding hydrogens is 474 g/mol. The van der Waals surface area contributed by atoms with E-state index >= 15 is 0 Å². The van der Waals surface area contributed by atoms with E-state index in [-0.39, 0.29) is 17.2 Å². The van der Waals surface area contributed by atoms with Crippen molar-refractivity contribution < 1.29 is 18.0 Å². The minimum atomic E-state index is -4.03. The summed E-state index contributed by atoms with van der Waals surface area (Å²) in [6, 6.07) is 17.8. The average Bonchev–Trinajstić information content (AvgIpc) is 2.81. The van der Waals surface area contributed by atoms with Gasteiger partial charge in [-0.15, -0.1) is 0 Å². The zero-order chi connectivity index (χ0) is 24.3. The second-order valence-corrected chi connectivity index (χ2v) is 10.3. The van der Waals surface area contributed by atoms with Crippen molar-refractivity contribution in [2.24, 2.45) is 0 Å². The van der Waals surface area contributed by atoms with Crippen LogP contribution in [-0.2, 0) is 32.5 Å². The van der Waals surface area contributed by atoms with Crippen molar-refractivity contribution >= 4 is 44.8 Å². The lowest BCUT2D eigenvalue weighted by molar-refractivity contribution is -0.118. The number of anilines is 2. The van der Waals surface area contributed by atoms with Crippen molar-refractivity contribution in [1.29, 1.82) is 0 Å². The Kier molecular flexibility index (Phi) is 7.02. The van der Waals surface area contributed by atoms with E-state index in [1.807, 2.05) is 37.3 Å². The number of hydrogen-bond donors (Lipinski definition) is 3. The van der Waals surface area contributed by atoms with Crippen LogP contribution in [0.4, 0.5) is 11.4 Å². The molecule has 2 amide bonds. The Morgan fingerprint density at radius 1 is 1.06 bits per heavy atom. The van der Waals surface area contributed by atoms with E-state index in [2.05, 4.69) is 15.4 Å². The Morgan fingerprint density at radius 2 is 1.82 bits per heavy atom. The molecule has 0 aromatic heterocycles. The van der Waals surface area contributed by atoms with E-state index in [0.29, 0.717) is 29.2 Å². The van der Waals surface area contributed by atoms with Crippen LogP contribution in [0.1, 0.15) is 23.1 Å². The summed E-state index contributed by atoms with van der Waals surface area (Å²) in [5.41, 5.74) is 3.48. The Balaban J connectivity index is 1.60. The van der Waals surface area contributed by atoms with Gasteiger partial charge in [0.2, 0.25) is 21.8 Å². The predicted octanol–water partition coefficient (Wildman–Crippen LogP) is 4.06. The molecule has 176 valence electrons. The van der Waals surface area contributed by atoms with E-state index in [9.17, 15) is 18.0 Å². The molecule has 0 bridgehead atoms. The Labute approximate surface area is 203 Å². The van der Waals surface area contributed by atoms with Crippen LogP contribution in [0.2, 0.25) is 5.02 Å². The van der Waals surface area contributed by atoms with Crippen molar-refractivity contribution in [3.05, 3.63) is 88.4 Å². The van der Waals surface area contributed by atoms with E-state index in [0.717, 1.165) is 16.7 Å². The molecule has 1 aliphatic heterocycles. The summed E-state index contributed by atoms with van der Waals surface area (Å²) in [6.45, 7) is 1.85. The molecule has 3 aromatic rings. The van der Waals surface area contributed by atoms with Crippen LogP contribution in [0.5, 0.6) is 0 Å². The maximum atomic E-state index is 13.2. The van der Waals surface area contributed by atoms with Gasteiger partial charge in [0.15, 0.2) is 0 Å². The lowest BCUT2D eigenvalue weighted by atomic mass is 10.0. The Hall–Kier alpha value is -3.20. The van der Waals surface area contributed by atoms with Crippen LogP contribution in [0.3, 0.4) is 0 Å². The van der Waals surface area contributed by atoms with Gasteiger partial charge in [-0.3, -0.25) is 9.59 Å². The molecule has 34 heavy (non-hydrogen) atoms. The first-order chi connectivity index (χ1) is 16.2. The fraction of sp³-hybridized carbons (Fsp3) is 0.200. The average molecular weight is 498 g/mol. The molecule has 0 spiro atoms. The number of amides is 2. The number of rotatable bonds is 7. The third kappa shape index (κ3) is 5.64. The van der Waals surface area contributed by atoms with Crippen LogP contribution in [0, 0.1) is 6.92 Å². The Morgan fingerprint density at radius 3 is 2.56 bits per heavy atom. The van der Waals surface area contributed by atoms with Gasteiger partial charge in [0.25, 0.3) is 0 Å². The zero-order valence-corrected chi connectivity index (χ0v) is 20.0. The van der Waals surface area contributed by atoms with Crippen LogP contribution in [-0.4, -0.2) is 26.3 Å². The molecule has 1 unspecified atom stereocenters. The number of halogens is 1. The fourth-order valence-electron chi connectivity index (χ4n) is 3.72. The second kappa shape index (κ2) is 9.97. The van der Waals surface area contributed by atoms with E-state index < -0.39 is 22.0 Å². The quantitative estimate of drug-likeness (QED) is 0.457. The molecular formula is C25H24ClN3O4S. The monoisotopic (exact) mass is 497 g/mol. The second-order valence-electron chi connectivity index (χ2n) is 8.18. The summed E-state index contributed by atoms with van der Waals surface area (Å²) in [7, 11) is -4.03. The first-order valence-electron chi connectivity index (χ1n) is 10.8. The molecule has 0 radical (unpaired) electrons. The van der Waals surface area contributed by atoms with Crippen molar-refractivity contribution in [1.82, 2.24) is 4.72 Å². The first kappa shape index (κ1) is 23.9. The largest absolute Gasteiger partial charge is 0.326 e. The summed E-state index contributed by atoms with van der Waals surface area (Å²) in [4.78, 5) is 24.8. The van der Waals surface area contributed by atoms with Gasteiger partial charge in [0, 0.05) is 22.8 Å². The van der Waals surface area contributed by atoms with Gasteiger partial charge in [-0.2, -0.15) is 4.72 Å². The van der Waals surface area contributed by atoms with Gasteiger partial charge in [0.05, 0.1) is 4.90 Å². The summed E-state index contributed by atoms with van der Waals surface area (Å²) in [6.07, 6.45) is 0.904. The standard InChI is InChI=1S/C25H24ClN3O4S/c1-16-7-9-19(15-21(16)26)27-25(31)23(13-17-5-3-2-4-6-17)29-34(32,33)20-10-11-22-18(14-20)8-12-24(30)28-22/h2-7,9-11,14-15,23,29H,8,12-13H2,1H3,(H,27,31)(H,28,30). The number of fused-ring (bicyclic) bond motifs is 1. The number of benzene rings is 3. The number of carbonyl (C=O) groups excluding carboxylic acids is 2. The van der Waals surface area contributed by atoms with Gasteiger partial charge in [-0.25, -0.2) is 8.42 Å². The summed E-state index contributed by atoms with van der Waals surface area (Å²) >= 11 is 6.17. The third-order valence-electron chi connectivity index (χ3n) is 5.62. The topological polar surface area (TPSA) is 104 Å². The van der Waals surface area contributed by atoms with E-state index in [1.54, 1.807) is 24.3 Å². The molecule has 3 N–H and O–H groups in total. The van der Waals surface area contributed by atoms with Crippen molar-refractivity contribution in [3.63, 3.8) is 0 Å². The number of aryl methyl sites for hydroxylation is 2. The molecule has 7 nitrogen and oxygen atoms in total. The van der Waals surface area contributed by atoms with E-state index in [1.165, 1.54) is 12.1 Å². The lowest BCUT2D eigenvalue weighted by Crippen LogP contribution is -2.45. The third-order valence-corrected chi connectivity index (χ3v) is 7.49. The number of sulfonamides is 1. The summed E-state index contributed by atoms with van der Waals surface area (Å²) in [5.74, 6) is -0.602. The highest BCUT2D eigenvalue weighted by atomic mass is 35.5. The molecule has 9 heteroatoms. The first-order valence-corrected chi connectivity index (χ1v) is 12.6. The molecule has 4 rings (SSSR count). The van der Waals surface area contributed by atoms with Gasteiger partial charge >= 0.3 is 0 Å². The smallest absolute Gasteiger partial charge is 0.242 e. The van der Waals surface area contributed by atoms with Crippen LogP contribution in [0.25, 0.3) is 0 Å². The molecule has 1 heterocycles. The van der Waals surface area contributed by atoms with Gasteiger partial charge in [-0.1, -0.05) is 48.0 Å². The molecule has 0 saturated heterocycles. The normalized spacial score (nSPS) is 14.1. The minimum absolute atomic E-state index is 0.0339. The number of carbonyl (C=O) groups is 2. The highest BCUT2D eigenvalue weighted by Crippen LogP contribution is 2.26. The SMILES string of the molecule is Cc1ccc(NC(=O)C(Cc2ccccc2)NS(=O)(=O)c2ccc3c(c2)CCC(=O)N3)cc1Cl. The van der Waals surface area contributed by atoms with Crippen LogP contribution >= 0.6 is 11.6 Å². The van der Waals surface area contributed by atoms with Crippen molar-refractivity contribution in [3.8, 4) is 0 Å². The Bertz CT molecular complexity index is 1340. The zero-order valence-electron chi connectivity index (χ0n) is 18.5. The van der Waals surface area contributed by atoms with Crippen LogP contribution in [0.15, 0.2) is 71.6 Å². The van der Waals surface area contributed by atoms with Gasteiger partial charge in [-0.05, 0) is 66.8 Å². The number of hydrogen-bond acceptors (Lipinski definition) is 4. The maximum Gasteiger partial charge on any atom is 0.242 e. The molecule has 0 saturated carbocycles. The highest BCUT2D eigenvalue weighted by Gasteiger charge is 2.27. The molecule has 0 fully saturated rings. The van der Waals surface area contributed by atoms with Crippen LogP contribution < -0.4 is 15.4 Å². The van der Waals surface area contributed by atoms with Crippen molar-refractivity contribution in [2.45, 2.75) is 37.1 Å². The number of nitrogens with one attached hydrogen (secondary N) is 3. The molecule has 0 aliphatic carbocycles. The maximum absolute atomic E-state index is 13.2. The lowest BCUT2D eigenvalue weighted by Gasteiger charge is -2.21. The van der Waals surface area contributed by atoms with E-state index in [4.69, 9.17) is 11.6 Å². The summed E-state index contributed by atoms with van der Waals surface area (Å²) < 4.78 is 29.0. The molecule has 3 aromatic carbocycles. The fourth-order valence-corrected chi connectivity index (χ4v) is 5.15.